The van der Waals surface area contributed by atoms with Crippen molar-refractivity contribution in [3.63, 3.8) is 0 Å². The van der Waals surface area contributed by atoms with Crippen LogP contribution in [0.1, 0.15) is 26.3 Å². The standard InChI is InChI=1S/C18H15NO5S/c1-19-15(11-12-7-9-13(10-8-12)18(21)24-2)17(20)14-5-3-4-6-16(14)25(19,22)23/h3-11H,1-2H3/b15-11-. The van der Waals surface area contributed by atoms with Gasteiger partial charge in [0.2, 0.25) is 5.78 Å². The summed E-state index contributed by atoms with van der Waals surface area (Å²) in [6.45, 7) is 0. The van der Waals surface area contributed by atoms with Crippen molar-refractivity contribution >= 4 is 27.9 Å². The Morgan fingerprint density at radius 1 is 1.08 bits per heavy atom. The van der Waals surface area contributed by atoms with Crippen LogP contribution < -0.4 is 0 Å². The number of ketones is 1. The number of esters is 1. The quantitative estimate of drug-likeness (QED) is 0.609. The minimum atomic E-state index is -3.78. The van der Waals surface area contributed by atoms with E-state index in [1.54, 1.807) is 36.4 Å². The van der Waals surface area contributed by atoms with E-state index in [1.807, 2.05) is 0 Å². The molecule has 128 valence electrons. The molecule has 0 aliphatic carbocycles. The average Bonchev–Trinajstić information content (AvgIpc) is 2.64. The van der Waals surface area contributed by atoms with Crippen molar-refractivity contribution in [1.29, 1.82) is 0 Å². The summed E-state index contributed by atoms with van der Waals surface area (Å²) in [5, 5.41) is 0. The minimum absolute atomic E-state index is 0.000638. The molecule has 2 aromatic rings. The number of fused-ring (bicyclic) bond motifs is 1. The smallest absolute Gasteiger partial charge is 0.337 e. The number of nitrogens with zero attached hydrogens (tertiary/aromatic N) is 1. The van der Waals surface area contributed by atoms with E-state index in [1.165, 1.54) is 32.4 Å². The van der Waals surface area contributed by atoms with Gasteiger partial charge in [-0.25, -0.2) is 13.2 Å². The molecule has 0 fully saturated rings. The van der Waals surface area contributed by atoms with Crippen LogP contribution in [-0.2, 0) is 14.8 Å². The lowest BCUT2D eigenvalue weighted by Crippen LogP contribution is -2.36. The molecule has 0 amide bonds. The molecule has 0 atom stereocenters. The van der Waals surface area contributed by atoms with Crippen molar-refractivity contribution in [2.24, 2.45) is 0 Å². The van der Waals surface area contributed by atoms with Gasteiger partial charge in [-0.15, -0.1) is 0 Å². The first kappa shape index (κ1) is 16.9. The SMILES string of the molecule is COC(=O)c1ccc(/C=C2/C(=O)c3ccccc3S(=O)(=O)N2C)cc1. The van der Waals surface area contributed by atoms with E-state index in [4.69, 9.17) is 0 Å². The van der Waals surface area contributed by atoms with Crippen LogP contribution in [0.4, 0.5) is 0 Å². The predicted octanol–water partition coefficient (Wildman–Crippen LogP) is 2.33. The number of allylic oxidation sites excluding steroid dienone is 1. The number of hydrogen-bond acceptors (Lipinski definition) is 5. The van der Waals surface area contributed by atoms with Gasteiger partial charge < -0.3 is 4.74 Å². The number of benzene rings is 2. The monoisotopic (exact) mass is 357 g/mol. The average molecular weight is 357 g/mol. The third-order valence-corrected chi connectivity index (χ3v) is 5.81. The molecule has 0 spiro atoms. The van der Waals surface area contributed by atoms with Crippen LogP contribution in [0, 0.1) is 0 Å². The van der Waals surface area contributed by atoms with Gasteiger partial charge in [0.15, 0.2) is 0 Å². The van der Waals surface area contributed by atoms with Gasteiger partial charge in [0.1, 0.15) is 5.70 Å². The molecule has 3 rings (SSSR count). The number of carbonyl (C=O) groups is 2. The number of hydrogen-bond donors (Lipinski definition) is 0. The third kappa shape index (κ3) is 2.83. The Morgan fingerprint density at radius 2 is 1.72 bits per heavy atom. The Labute approximate surface area is 145 Å². The Morgan fingerprint density at radius 3 is 2.36 bits per heavy atom. The summed E-state index contributed by atoms with van der Waals surface area (Å²) < 4.78 is 30.8. The second-order valence-corrected chi connectivity index (χ2v) is 7.38. The van der Waals surface area contributed by atoms with Crippen LogP contribution >= 0.6 is 0 Å². The lowest BCUT2D eigenvalue weighted by Gasteiger charge is -2.27. The molecule has 2 aromatic carbocycles. The zero-order valence-corrected chi connectivity index (χ0v) is 14.4. The van der Waals surface area contributed by atoms with Crippen LogP contribution in [0.3, 0.4) is 0 Å². The molecule has 1 heterocycles. The zero-order valence-electron chi connectivity index (χ0n) is 13.6. The molecule has 0 saturated carbocycles. The van der Waals surface area contributed by atoms with Gasteiger partial charge in [-0.2, -0.15) is 0 Å². The molecule has 25 heavy (non-hydrogen) atoms. The molecule has 0 radical (unpaired) electrons. The summed E-state index contributed by atoms with van der Waals surface area (Å²) in [6.07, 6.45) is 1.48. The third-order valence-electron chi connectivity index (χ3n) is 3.98. The van der Waals surface area contributed by atoms with Gasteiger partial charge in [-0.05, 0) is 35.9 Å². The fourth-order valence-electron chi connectivity index (χ4n) is 2.58. The molecule has 1 aliphatic heterocycles. The first-order valence-corrected chi connectivity index (χ1v) is 8.83. The number of carbonyl (C=O) groups excluding carboxylic acids is 2. The molecule has 0 unspecified atom stereocenters. The highest BCUT2D eigenvalue weighted by molar-refractivity contribution is 7.89. The zero-order chi connectivity index (χ0) is 18.2. The van der Waals surface area contributed by atoms with Crippen molar-refractivity contribution in [3.05, 3.63) is 70.9 Å². The summed E-state index contributed by atoms with van der Waals surface area (Å²) in [5.41, 5.74) is 1.16. The predicted molar refractivity (Wildman–Crippen MR) is 91.5 cm³/mol. The Balaban J connectivity index is 2.07. The Bertz CT molecular complexity index is 990. The number of Topliss-reactive ketones (excluding diaryl/α,β-unsaturated/α-hetero) is 1. The number of sulfonamides is 1. The van der Waals surface area contributed by atoms with Crippen LogP contribution in [0.25, 0.3) is 6.08 Å². The maximum absolute atomic E-state index is 12.7. The minimum Gasteiger partial charge on any atom is -0.465 e. The van der Waals surface area contributed by atoms with Crippen LogP contribution in [0.5, 0.6) is 0 Å². The van der Waals surface area contributed by atoms with Crippen molar-refractivity contribution in [3.8, 4) is 0 Å². The summed E-state index contributed by atoms with van der Waals surface area (Å²) in [4.78, 5) is 24.2. The molecular formula is C18H15NO5S. The molecule has 0 saturated heterocycles. The summed E-state index contributed by atoms with van der Waals surface area (Å²) in [7, 11) is -1.15. The molecule has 0 aromatic heterocycles. The van der Waals surface area contributed by atoms with Gasteiger partial charge in [0.05, 0.1) is 17.6 Å². The lowest BCUT2D eigenvalue weighted by atomic mass is 10.0. The van der Waals surface area contributed by atoms with E-state index < -0.39 is 16.0 Å². The highest BCUT2D eigenvalue weighted by Gasteiger charge is 2.36. The summed E-state index contributed by atoms with van der Waals surface area (Å²) in [6, 6.07) is 12.5. The highest BCUT2D eigenvalue weighted by Crippen LogP contribution is 2.31. The van der Waals surface area contributed by atoms with Crippen molar-refractivity contribution in [1.82, 2.24) is 4.31 Å². The molecule has 6 nitrogen and oxygen atoms in total. The van der Waals surface area contributed by atoms with E-state index in [9.17, 15) is 18.0 Å². The van der Waals surface area contributed by atoms with E-state index in [2.05, 4.69) is 4.74 Å². The number of rotatable bonds is 2. The summed E-state index contributed by atoms with van der Waals surface area (Å²) >= 11 is 0. The molecule has 1 aliphatic rings. The number of likely N-dealkylation sites (N-methyl/N-ethyl adjacent to an activating group) is 1. The highest BCUT2D eigenvalue weighted by atomic mass is 32.2. The number of ether oxygens (including phenoxy) is 1. The van der Waals surface area contributed by atoms with Crippen molar-refractivity contribution in [2.45, 2.75) is 4.90 Å². The largest absolute Gasteiger partial charge is 0.465 e. The van der Waals surface area contributed by atoms with Gasteiger partial charge in [0, 0.05) is 12.6 Å². The second kappa shape index (κ2) is 6.18. The topological polar surface area (TPSA) is 80.8 Å². The van der Waals surface area contributed by atoms with E-state index in [0.717, 1.165) is 4.31 Å². The van der Waals surface area contributed by atoms with E-state index in [0.29, 0.717) is 11.1 Å². The summed E-state index contributed by atoms with van der Waals surface area (Å²) in [5.74, 6) is -0.841. The van der Waals surface area contributed by atoms with E-state index in [-0.39, 0.29) is 21.9 Å². The number of methoxy groups -OCH3 is 1. The Hall–Kier alpha value is -2.93. The van der Waals surface area contributed by atoms with Crippen LogP contribution in [0.2, 0.25) is 0 Å². The van der Waals surface area contributed by atoms with Gasteiger partial charge in [-0.3, -0.25) is 9.10 Å². The van der Waals surface area contributed by atoms with E-state index >= 15 is 0 Å². The molecule has 0 N–H and O–H groups in total. The van der Waals surface area contributed by atoms with Crippen LogP contribution in [0.15, 0.2) is 59.1 Å². The maximum atomic E-state index is 12.7. The molecule has 0 bridgehead atoms. The van der Waals surface area contributed by atoms with Crippen molar-refractivity contribution in [2.75, 3.05) is 14.2 Å². The molecule has 7 heteroatoms. The Kier molecular flexibility index (Phi) is 4.18. The fraction of sp³-hybridized carbons (Fsp3) is 0.111. The van der Waals surface area contributed by atoms with Gasteiger partial charge in [-0.1, -0.05) is 24.3 Å². The lowest BCUT2D eigenvalue weighted by molar-refractivity contribution is 0.0600. The normalized spacial score (nSPS) is 17.3. The maximum Gasteiger partial charge on any atom is 0.337 e. The van der Waals surface area contributed by atoms with Gasteiger partial charge in [0.25, 0.3) is 10.0 Å². The molecular weight excluding hydrogens is 342 g/mol. The fourth-order valence-corrected chi connectivity index (χ4v) is 3.96. The van der Waals surface area contributed by atoms with Gasteiger partial charge >= 0.3 is 5.97 Å². The van der Waals surface area contributed by atoms with Crippen LogP contribution in [-0.4, -0.2) is 38.6 Å². The van der Waals surface area contributed by atoms with Crippen molar-refractivity contribution < 1.29 is 22.7 Å². The second-order valence-electron chi connectivity index (χ2n) is 5.44. The first-order valence-electron chi connectivity index (χ1n) is 7.39. The first-order chi connectivity index (χ1) is 11.9.